The quantitative estimate of drug-likeness (QED) is 0.768. The molecule has 2 fully saturated rings. The normalized spacial score (nSPS) is 38.5. The highest BCUT2D eigenvalue weighted by Gasteiger charge is 2.55. The smallest absolute Gasteiger partial charge is 0.0620 e. The molecule has 16 heavy (non-hydrogen) atoms. The predicted octanol–water partition coefficient (Wildman–Crippen LogP) is 2.83. The maximum Gasteiger partial charge on any atom is 0.0620 e. The van der Waals surface area contributed by atoms with Crippen molar-refractivity contribution in [1.82, 2.24) is 5.32 Å². The molecule has 2 aliphatic carbocycles. The van der Waals surface area contributed by atoms with Gasteiger partial charge in [0.15, 0.2) is 0 Å². The van der Waals surface area contributed by atoms with Crippen LogP contribution in [0.3, 0.4) is 0 Å². The van der Waals surface area contributed by atoms with Crippen molar-refractivity contribution in [3.8, 4) is 0 Å². The van der Waals surface area contributed by atoms with Crippen LogP contribution in [0, 0.1) is 11.3 Å². The van der Waals surface area contributed by atoms with Crippen molar-refractivity contribution in [3.05, 3.63) is 12.3 Å². The molecule has 92 valence electrons. The van der Waals surface area contributed by atoms with E-state index in [9.17, 15) is 5.11 Å². The fourth-order valence-corrected chi connectivity index (χ4v) is 3.24. The third kappa shape index (κ3) is 2.27. The molecule has 2 nitrogen and oxygen atoms in total. The third-order valence-corrected chi connectivity index (χ3v) is 4.40. The van der Waals surface area contributed by atoms with Gasteiger partial charge in [-0.3, -0.25) is 0 Å². The summed E-state index contributed by atoms with van der Waals surface area (Å²) in [5, 5.41) is 13.4. The molecule has 0 aliphatic heterocycles. The molecule has 0 bridgehead atoms. The highest BCUT2D eigenvalue weighted by molar-refractivity contribution is 5.09. The molecule has 2 rings (SSSR count). The first-order chi connectivity index (χ1) is 7.45. The second-order valence-corrected chi connectivity index (χ2v) is 6.34. The SMILES string of the molecule is CC/C=C/NC1CC2(C1)CC(C(C)(C)O)C2. The lowest BCUT2D eigenvalue weighted by molar-refractivity contribution is -0.127. The lowest BCUT2D eigenvalue weighted by Gasteiger charge is -2.60. The van der Waals surface area contributed by atoms with E-state index in [1.165, 1.54) is 25.7 Å². The van der Waals surface area contributed by atoms with Crippen molar-refractivity contribution < 1.29 is 5.11 Å². The summed E-state index contributed by atoms with van der Waals surface area (Å²) in [7, 11) is 0. The van der Waals surface area contributed by atoms with Gasteiger partial charge in [-0.15, -0.1) is 0 Å². The van der Waals surface area contributed by atoms with Crippen molar-refractivity contribution in [3.63, 3.8) is 0 Å². The number of hydrogen-bond acceptors (Lipinski definition) is 2. The average Bonchev–Trinajstić information content (AvgIpc) is 2.03. The highest BCUT2D eigenvalue weighted by Crippen LogP contribution is 2.61. The first-order valence-corrected chi connectivity index (χ1v) is 6.59. The molecule has 0 saturated heterocycles. The lowest BCUT2D eigenvalue weighted by Crippen LogP contribution is -2.57. The Morgan fingerprint density at radius 1 is 1.31 bits per heavy atom. The van der Waals surface area contributed by atoms with Gasteiger partial charge in [0.05, 0.1) is 5.60 Å². The van der Waals surface area contributed by atoms with Gasteiger partial charge in [-0.05, 0) is 63.5 Å². The van der Waals surface area contributed by atoms with Crippen LogP contribution >= 0.6 is 0 Å². The summed E-state index contributed by atoms with van der Waals surface area (Å²) in [6.07, 6.45) is 10.4. The number of rotatable bonds is 4. The molecule has 2 saturated carbocycles. The number of hydrogen-bond donors (Lipinski definition) is 2. The fourth-order valence-electron chi connectivity index (χ4n) is 3.24. The van der Waals surface area contributed by atoms with Crippen molar-refractivity contribution >= 4 is 0 Å². The molecule has 1 spiro atoms. The first-order valence-electron chi connectivity index (χ1n) is 6.59. The largest absolute Gasteiger partial charge is 0.390 e. The minimum Gasteiger partial charge on any atom is -0.390 e. The van der Waals surface area contributed by atoms with E-state index in [4.69, 9.17) is 0 Å². The van der Waals surface area contributed by atoms with Crippen LogP contribution < -0.4 is 5.32 Å². The van der Waals surface area contributed by atoms with Crippen LogP contribution in [-0.4, -0.2) is 16.7 Å². The van der Waals surface area contributed by atoms with Crippen molar-refractivity contribution in [2.24, 2.45) is 11.3 Å². The zero-order valence-electron chi connectivity index (χ0n) is 10.8. The molecule has 0 unspecified atom stereocenters. The fraction of sp³-hybridized carbons (Fsp3) is 0.857. The van der Waals surface area contributed by atoms with Gasteiger partial charge in [-0.25, -0.2) is 0 Å². The molecule has 0 aromatic heterocycles. The van der Waals surface area contributed by atoms with E-state index in [-0.39, 0.29) is 0 Å². The average molecular weight is 223 g/mol. The molecular formula is C14H25NO. The molecule has 0 radical (unpaired) electrons. The van der Waals surface area contributed by atoms with Crippen molar-refractivity contribution in [1.29, 1.82) is 0 Å². The Bertz CT molecular complexity index is 263. The Hall–Kier alpha value is -0.500. The Morgan fingerprint density at radius 3 is 2.44 bits per heavy atom. The summed E-state index contributed by atoms with van der Waals surface area (Å²) in [4.78, 5) is 0. The van der Waals surface area contributed by atoms with Crippen molar-refractivity contribution in [2.45, 2.75) is 64.5 Å². The van der Waals surface area contributed by atoms with Crippen LogP contribution in [0.15, 0.2) is 12.3 Å². The Morgan fingerprint density at radius 2 is 1.94 bits per heavy atom. The number of nitrogens with one attached hydrogen (secondary N) is 1. The van der Waals surface area contributed by atoms with Gasteiger partial charge in [0.1, 0.15) is 0 Å². The molecule has 0 heterocycles. The van der Waals surface area contributed by atoms with Gasteiger partial charge >= 0.3 is 0 Å². The standard InChI is InChI=1S/C14H25NO/c1-4-5-6-15-12-9-14(10-12)7-11(8-14)13(2,3)16/h5-6,11-12,15-16H,4,7-10H2,1-3H3/b6-5+. The van der Waals surface area contributed by atoms with Crippen LogP contribution in [0.4, 0.5) is 0 Å². The zero-order chi connectivity index (χ0) is 11.8. The van der Waals surface area contributed by atoms with E-state index in [0.29, 0.717) is 17.4 Å². The maximum absolute atomic E-state index is 9.90. The summed E-state index contributed by atoms with van der Waals surface area (Å²) < 4.78 is 0. The molecule has 2 heteroatoms. The topological polar surface area (TPSA) is 32.3 Å². The minimum absolute atomic E-state index is 0.466. The highest BCUT2D eigenvalue weighted by atomic mass is 16.3. The van der Waals surface area contributed by atoms with Crippen LogP contribution in [0.1, 0.15) is 52.9 Å². The lowest BCUT2D eigenvalue weighted by atomic mass is 9.47. The summed E-state index contributed by atoms with van der Waals surface area (Å²) in [5.74, 6) is 0.527. The summed E-state index contributed by atoms with van der Waals surface area (Å²) in [6, 6.07) is 0.686. The summed E-state index contributed by atoms with van der Waals surface area (Å²) in [5.41, 5.74) is 0.119. The van der Waals surface area contributed by atoms with E-state index in [1.54, 1.807) is 0 Å². The summed E-state index contributed by atoms with van der Waals surface area (Å²) in [6.45, 7) is 6.05. The Kier molecular flexibility index (Phi) is 3.04. The van der Waals surface area contributed by atoms with E-state index < -0.39 is 5.60 Å². The van der Waals surface area contributed by atoms with Gasteiger partial charge in [0.25, 0.3) is 0 Å². The van der Waals surface area contributed by atoms with Gasteiger partial charge < -0.3 is 10.4 Å². The van der Waals surface area contributed by atoms with Gasteiger partial charge in [-0.1, -0.05) is 13.0 Å². The second-order valence-electron chi connectivity index (χ2n) is 6.34. The van der Waals surface area contributed by atoms with Gasteiger partial charge in [0.2, 0.25) is 0 Å². The molecular weight excluding hydrogens is 198 g/mol. The monoisotopic (exact) mass is 223 g/mol. The number of aliphatic hydroxyl groups is 1. The van der Waals surface area contributed by atoms with Crippen LogP contribution in [0.25, 0.3) is 0 Å². The molecule has 2 N–H and O–H groups in total. The van der Waals surface area contributed by atoms with E-state index >= 15 is 0 Å². The summed E-state index contributed by atoms with van der Waals surface area (Å²) >= 11 is 0. The predicted molar refractivity (Wildman–Crippen MR) is 67.0 cm³/mol. The molecule has 0 aromatic rings. The Balaban J connectivity index is 1.68. The number of allylic oxidation sites excluding steroid dienone is 1. The third-order valence-electron chi connectivity index (χ3n) is 4.40. The first kappa shape index (κ1) is 12.0. The minimum atomic E-state index is -0.466. The molecule has 0 aromatic carbocycles. The zero-order valence-corrected chi connectivity index (χ0v) is 10.8. The van der Waals surface area contributed by atoms with E-state index in [2.05, 4.69) is 24.5 Å². The Labute approximate surface area is 99.1 Å². The van der Waals surface area contributed by atoms with Gasteiger partial charge in [0, 0.05) is 6.04 Å². The van der Waals surface area contributed by atoms with Crippen LogP contribution in [0.5, 0.6) is 0 Å². The molecule has 0 atom stereocenters. The molecule has 2 aliphatic rings. The van der Waals surface area contributed by atoms with Crippen LogP contribution in [0.2, 0.25) is 0 Å². The molecule has 0 amide bonds. The van der Waals surface area contributed by atoms with Crippen molar-refractivity contribution in [2.75, 3.05) is 0 Å². The van der Waals surface area contributed by atoms with E-state index in [0.717, 1.165) is 6.42 Å². The van der Waals surface area contributed by atoms with E-state index in [1.807, 2.05) is 13.8 Å². The maximum atomic E-state index is 9.90. The van der Waals surface area contributed by atoms with Gasteiger partial charge in [-0.2, -0.15) is 0 Å². The second kappa shape index (κ2) is 4.06. The van der Waals surface area contributed by atoms with Crippen LogP contribution in [-0.2, 0) is 0 Å².